The van der Waals surface area contributed by atoms with E-state index < -0.39 is 0 Å². The fraction of sp³-hybridized carbons (Fsp3) is 0.167. The number of carbonyl (C=O) groups is 1. The third kappa shape index (κ3) is 3.59. The number of hydrogen-bond acceptors (Lipinski definition) is 3. The van der Waals surface area contributed by atoms with Crippen LogP contribution < -0.4 is 4.74 Å². The Morgan fingerprint density at radius 3 is 2.59 bits per heavy atom. The second-order valence-corrected chi connectivity index (χ2v) is 7.26. The zero-order chi connectivity index (χ0) is 19.6. The third-order valence-corrected chi connectivity index (χ3v) is 5.32. The smallest absolute Gasteiger partial charge is 0.254 e. The summed E-state index contributed by atoms with van der Waals surface area (Å²) in [7, 11) is 0. The lowest BCUT2D eigenvalue weighted by Crippen LogP contribution is -2.35. The molecule has 0 saturated heterocycles. The number of carbonyl (C=O) groups excluding carboxylic acids is 1. The molecule has 1 aliphatic heterocycles. The molecule has 29 heavy (non-hydrogen) atoms. The minimum atomic E-state index is 0.0615. The molecule has 5 nitrogen and oxygen atoms in total. The molecule has 0 N–H and O–H groups in total. The van der Waals surface area contributed by atoms with Crippen LogP contribution in [0.1, 0.15) is 27.2 Å². The van der Waals surface area contributed by atoms with Gasteiger partial charge in [0.25, 0.3) is 5.91 Å². The van der Waals surface area contributed by atoms with Crippen molar-refractivity contribution in [2.75, 3.05) is 6.54 Å². The summed E-state index contributed by atoms with van der Waals surface area (Å²) < 4.78 is 7.82. The number of amides is 1. The van der Waals surface area contributed by atoms with Crippen molar-refractivity contribution in [2.24, 2.45) is 0 Å². The van der Waals surface area contributed by atoms with Crippen molar-refractivity contribution in [1.29, 1.82) is 0 Å². The molecule has 0 aliphatic carbocycles. The Morgan fingerprint density at radius 1 is 0.966 bits per heavy atom. The van der Waals surface area contributed by atoms with Crippen molar-refractivity contribution in [3.63, 3.8) is 0 Å². The van der Waals surface area contributed by atoms with Gasteiger partial charge in [0.1, 0.15) is 18.0 Å². The van der Waals surface area contributed by atoms with Gasteiger partial charge in [-0.15, -0.1) is 0 Å². The van der Waals surface area contributed by atoms with Gasteiger partial charge in [-0.2, -0.15) is 0 Å². The van der Waals surface area contributed by atoms with E-state index in [0.717, 1.165) is 30.1 Å². The van der Waals surface area contributed by atoms with E-state index >= 15 is 0 Å². The Bertz CT molecular complexity index is 1130. The van der Waals surface area contributed by atoms with Crippen molar-refractivity contribution in [3.05, 3.63) is 102 Å². The monoisotopic (exact) mass is 383 g/mol. The largest absolute Gasteiger partial charge is 0.487 e. The highest BCUT2D eigenvalue weighted by atomic mass is 16.5. The SMILES string of the molecule is O=C(c1ccc(OCc2cn3ccccc3n2)cc1)N1CCc2ccccc2C1. The summed E-state index contributed by atoms with van der Waals surface area (Å²) in [4.78, 5) is 19.3. The van der Waals surface area contributed by atoms with Crippen LogP contribution in [0.25, 0.3) is 5.65 Å². The first kappa shape index (κ1) is 17.5. The first-order valence-corrected chi connectivity index (χ1v) is 9.78. The summed E-state index contributed by atoms with van der Waals surface area (Å²) in [6.45, 7) is 1.81. The van der Waals surface area contributed by atoms with Crippen LogP contribution >= 0.6 is 0 Å². The van der Waals surface area contributed by atoms with Gasteiger partial charge in [0.15, 0.2) is 0 Å². The van der Waals surface area contributed by atoms with Crippen LogP contribution in [-0.2, 0) is 19.6 Å². The van der Waals surface area contributed by atoms with Crippen LogP contribution in [-0.4, -0.2) is 26.7 Å². The number of fused-ring (bicyclic) bond motifs is 2. The minimum Gasteiger partial charge on any atom is -0.487 e. The molecule has 3 heterocycles. The maximum atomic E-state index is 12.9. The number of benzene rings is 2. The summed E-state index contributed by atoms with van der Waals surface area (Å²) in [5.41, 5.74) is 5.02. The van der Waals surface area contributed by atoms with Gasteiger partial charge in [-0.3, -0.25) is 4.79 Å². The second-order valence-electron chi connectivity index (χ2n) is 7.26. The Balaban J connectivity index is 1.23. The standard InChI is InChI=1S/C24H21N3O2/c28-24(27-14-12-18-5-1-2-6-20(18)15-27)19-8-10-22(11-9-19)29-17-21-16-26-13-4-3-7-23(26)25-21/h1-11,13,16H,12,14-15,17H2. The average molecular weight is 383 g/mol. The molecule has 0 radical (unpaired) electrons. The molecule has 1 amide bonds. The fourth-order valence-electron chi connectivity index (χ4n) is 3.76. The van der Waals surface area contributed by atoms with E-state index in [1.165, 1.54) is 11.1 Å². The topological polar surface area (TPSA) is 46.8 Å². The minimum absolute atomic E-state index is 0.0615. The summed E-state index contributed by atoms with van der Waals surface area (Å²) in [6, 6.07) is 21.6. The number of pyridine rings is 1. The van der Waals surface area contributed by atoms with E-state index in [0.29, 0.717) is 18.7 Å². The van der Waals surface area contributed by atoms with E-state index in [1.54, 1.807) is 0 Å². The highest BCUT2D eigenvalue weighted by Gasteiger charge is 2.21. The van der Waals surface area contributed by atoms with Crippen molar-refractivity contribution in [1.82, 2.24) is 14.3 Å². The van der Waals surface area contributed by atoms with Gasteiger partial charge in [0, 0.05) is 31.0 Å². The van der Waals surface area contributed by atoms with E-state index in [2.05, 4.69) is 23.2 Å². The van der Waals surface area contributed by atoms with Crippen molar-refractivity contribution in [3.8, 4) is 5.75 Å². The Morgan fingerprint density at radius 2 is 1.76 bits per heavy atom. The highest BCUT2D eigenvalue weighted by Crippen LogP contribution is 2.21. The average Bonchev–Trinajstić information content (AvgIpc) is 3.20. The van der Waals surface area contributed by atoms with E-state index in [4.69, 9.17) is 4.74 Å². The molecule has 144 valence electrons. The maximum Gasteiger partial charge on any atom is 0.254 e. The molecule has 4 aromatic rings. The number of hydrogen-bond donors (Lipinski definition) is 0. The molecule has 0 saturated carbocycles. The van der Waals surface area contributed by atoms with Gasteiger partial charge in [-0.25, -0.2) is 4.98 Å². The van der Waals surface area contributed by atoms with E-state index in [1.807, 2.05) is 70.2 Å². The van der Waals surface area contributed by atoms with Crippen LogP contribution in [0.2, 0.25) is 0 Å². The normalized spacial score (nSPS) is 13.3. The number of nitrogens with zero attached hydrogens (tertiary/aromatic N) is 3. The Hall–Kier alpha value is -3.60. The number of aromatic nitrogens is 2. The molecule has 1 aliphatic rings. The zero-order valence-corrected chi connectivity index (χ0v) is 16.0. The van der Waals surface area contributed by atoms with E-state index in [-0.39, 0.29) is 5.91 Å². The lowest BCUT2D eigenvalue weighted by Gasteiger charge is -2.29. The molecule has 0 spiro atoms. The Labute approximate surface area is 169 Å². The Kier molecular flexibility index (Phi) is 4.48. The molecule has 2 aromatic heterocycles. The molecule has 0 bridgehead atoms. The predicted molar refractivity (Wildman–Crippen MR) is 111 cm³/mol. The number of rotatable bonds is 4. The molecule has 5 heteroatoms. The second kappa shape index (κ2) is 7.43. The summed E-state index contributed by atoms with van der Waals surface area (Å²) in [5, 5.41) is 0. The number of ether oxygens (including phenoxy) is 1. The van der Waals surface area contributed by atoms with Gasteiger partial charge >= 0.3 is 0 Å². The summed E-state index contributed by atoms with van der Waals surface area (Å²) >= 11 is 0. The van der Waals surface area contributed by atoms with Gasteiger partial charge in [0.05, 0.1) is 5.69 Å². The first-order chi connectivity index (χ1) is 14.3. The number of imidazole rings is 1. The molecule has 2 aromatic carbocycles. The summed E-state index contributed by atoms with van der Waals surface area (Å²) in [6.07, 6.45) is 4.83. The van der Waals surface area contributed by atoms with Crippen molar-refractivity contribution in [2.45, 2.75) is 19.6 Å². The van der Waals surface area contributed by atoms with Crippen LogP contribution in [0, 0.1) is 0 Å². The summed E-state index contributed by atoms with van der Waals surface area (Å²) in [5.74, 6) is 0.786. The highest BCUT2D eigenvalue weighted by molar-refractivity contribution is 5.94. The molecule has 0 unspecified atom stereocenters. The maximum absolute atomic E-state index is 12.9. The lowest BCUT2D eigenvalue weighted by atomic mass is 9.99. The van der Waals surface area contributed by atoms with Gasteiger partial charge in [-0.1, -0.05) is 30.3 Å². The first-order valence-electron chi connectivity index (χ1n) is 9.78. The van der Waals surface area contributed by atoms with Crippen LogP contribution in [0.4, 0.5) is 0 Å². The quantitative estimate of drug-likeness (QED) is 0.533. The van der Waals surface area contributed by atoms with Crippen LogP contribution in [0.15, 0.2) is 79.1 Å². The third-order valence-electron chi connectivity index (χ3n) is 5.32. The molecular weight excluding hydrogens is 362 g/mol. The predicted octanol–water partition coefficient (Wildman–Crippen LogP) is 4.11. The van der Waals surface area contributed by atoms with Crippen molar-refractivity contribution >= 4 is 11.6 Å². The van der Waals surface area contributed by atoms with Gasteiger partial charge in [0.2, 0.25) is 0 Å². The molecule has 0 atom stereocenters. The fourth-order valence-corrected chi connectivity index (χ4v) is 3.76. The van der Waals surface area contributed by atoms with E-state index in [9.17, 15) is 4.79 Å². The zero-order valence-electron chi connectivity index (χ0n) is 16.0. The van der Waals surface area contributed by atoms with Gasteiger partial charge in [-0.05, 0) is 53.9 Å². The molecular formula is C24H21N3O2. The van der Waals surface area contributed by atoms with Crippen LogP contribution in [0.5, 0.6) is 5.75 Å². The molecule has 5 rings (SSSR count). The molecule has 0 fully saturated rings. The van der Waals surface area contributed by atoms with Gasteiger partial charge < -0.3 is 14.0 Å². The lowest BCUT2D eigenvalue weighted by molar-refractivity contribution is 0.0734. The van der Waals surface area contributed by atoms with Crippen LogP contribution in [0.3, 0.4) is 0 Å². The van der Waals surface area contributed by atoms with Crippen molar-refractivity contribution < 1.29 is 9.53 Å².